The Labute approximate surface area is 527 Å². The van der Waals surface area contributed by atoms with E-state index in [4.69, 9.17) is 27.0 Å². The van der Waals surface area contributed by atoms with Crippen molar-refractivity contribution < 1.29 is 18.3 Å². The molecule has 0 saturated carbocycles. The van der Waals surface area contributed by atoms with Gasteiger partial charge < -0.3 is 9.47 Å². The van der Waals surface area contributed by atoms with Crippen molar-refractivity contribution in [3.05, 3.63) is 81.6 Å². The molecule has 0 radical (unpaired) electrons. The van der Waals surface area contributed by atoms with Crippen molar-refractivity contribution in [2.75, 3.05) is 13.2 Å². The third kappa shape index (κ3) is 17.2. The summed E-state index contributed by atoms with van der Waals surface area (Å²) in [6, 6.07) is 12.9. The highest BCUT2D eigenvalue weighted by Gasteiger charge is 2.32. The normalized spacial score (nSPS) is 12.6. The summed E-state index contributed by atoms with van der Waals surface area (Å²) in [6.45, 7) is 21.0. The third-order valence-electron chi connectivity index (χ3n) is 16.9. The number of fused-ring (bicyclic) bond motifs is 2. The van der Waals surface area contributed by atoms with Crippen molar-refractivity contribution in [2.24, 2.45) is 11.8 Å². The molecule has 6 heterocycles. The van der Waals surface area contributed by atoms with E-state index in [-0.39, 0.29) is 17.0 Å². The lowest BCUT2D eigenvalue weighted by Gasteiger charge is -2.20. The van der Waals surface area contributed by atoms with Crippen molar-refractivity contribution in [1.82, 2.24) is 17.5 Å². The van der Waals surface area contributed by atoms with Crippen LogP contribution in [0.5, 0.6) is 11.5 Å². The van der Waals surface area contributed by atoms with Crippen LogP contribution in [0.4, 0.5) is 8.78 Å². The molecule has 84 heavy (non-hydrogen) atoms. The molecule has 0 saturated heterocycles. The summed E-state index contributed by atoms with van der Waals surface area (Å²) in [5, 5.41) is 0. The Morgan fingerprint density at radius 2 is 0.905 bits per heavy atom. The Morgan fingerprint density at radius 3 is 1.39 bits per heavy atom. The van der Waals surface area contributed by atoms with Gasteiger partial charge in [0.2, 0.25) is 0 Å². The SMILES string of the molecule is C=CC(CCCC)Cc1cc(-c2c(F)c(F)c(-c3cc(CC(CC)CCCC)c(C)s3)c3nsnc23)sc1-c1ccc(-c2c(OCCCCCCCCCCCC)c(OCCCCCCCCCCCC)c(-c3ccc(C)s3)c3nsnc23)s1. The highest BCUT2D eigenvalue weighted by atomic mass is 32.1. The molecule has 2 aromatic carbocycles. The van der Waals surface area contributed by atoms with E-state index in [0.717, 1.165) is 146 Å². The average molecular weight is 1250 g/mol. The van der Waals surface area contributed by atoms with E-state index >= 15 is 8.78 Å². The van der Waals surface area contributed by atoms with E-state index in [0.29, 0.717) is 39.9 Å². The second-order valence-corrected chi connectivity index (χ2v) is 29.2. The number of hydrogen-bond acceptors (Lipinski definition) is 12. The number of unbranched alkanes of at least 4 members (excludes halogenated alkanes) is 20. The lowest BCUT2D eigenvalue weighted by atomic mass is 9.92. The highest BCUT2D eigenvalue weighted by Crippen LogP contribution is 2.55. The molecule has 0 amide bonds. The minimum Gasteiger partial charge on any atom is -0.489 e. The first-order valence-corrected chi connectivity index (χ1v) is 37.1. The number of thiophene rings is 4. The molecule has 0 bridgehead atoms. The highest BCUT2D eigenvalue weighted by molar-refractivity contribution is 7.25. The molecule has 0 spiro atoms. The summed E-state index contributed by atoms with van der Waals surface area (Å²) in [4.78, 5) is 7.87. The monoisotopic (exact) mass is 1250 g/mol. The summed E-state index contributed by atoms with van der Waals surface area (Å²) in [6.07, 6.45) is 36.4. The van der Waals surface area contributed by atoms with Gasteiger partial charge in [-0.2, -0.15) is 17.5 Å². The van der Waals surface area contributed by atoms with Gasteiger partial charge in [0.15, 0.2) is 23.1 Å². The van der Waals surface area contributed by atoms with E-state index < -0.39 is 11.6 Å². The van der Waals surface area contributed by atoms with Crippen molar-refractivity contribution >= 4 is 90.9 Å². The molecule has 8 aromatic rings. The van der Waals surface area contributed by atoms with E-state index in [9.17, 15) is 0 Å². The summed E-state index contributed by atoms with van der Waals surface area (Å²) in [7, 11) is 0. The molecule has 456 valence electrons. The number of hydrogen-bond donors (Lipinski definition) is 0. The Morgan fingerprint density at radius 1 is 0.464 bits per heavy atom. The molecular formula is C70H94F2N4O2S6. The van der Waals surface area contributed by atoms with Gasteiger partial charge in [0, 0.05) is 39.0 Å². The zero-order valence-electron chi connectivity index (χ0n) is 51.6. The topological polar surface area (TPSA) is 70.0 Å². The number of aryl methyl sites for hydroxylation is 2. The minimum atomic E-state index is -0.876. The molecule has 8 rings (SSSR count). The molecule has 6 nitrogen and oxygen atoms in total. The number of ether oxygens (including phenoxy) is 2. The second-order valence-electron chi connectivity index (χ2n) is 23.5. The van der Waals surface area contributed by atoms with Crippen LogP contribution in [-0.4, -0.2) is 30.7 Å². The summed E-state index contributed by atoms with van der Waals surface area (Å²) in [5.41, 5.74) is 7.01. The Bertz CT molecular complexity index is 3270. The van der Waals surface area contributed by atoms with Gasteiger partial charge >= 0.3 is 0 Å². The van der Waals surface area contributed by atoms with Crippen LogP contribution < -0.4 is 9.47 Å². The van der Waals surface area contributed by atoms with E-state index in [2.05, 4.69) is 97.5 Å². The molecule has 0 N–H and O–H groups in total. The van der Waals surface area contributed by atoms with Crippen molar-refractivity contribution in [1.29, 1.82) is 0 Å². The van der Waals surface area contributed by atoms with Gasteiger partial charge in [-0.3, -0.25) is 0 Å². The number of rotatable bonds is 41. The number of allylic oxidation sites excluding steroid dienone is 1. The molecular weight excluding hydrogens is 1160 g/mol. The van der Waals surface area contributed by atoms with E-state index in [1.165, 1.54) is 160 Å². The van der Waals surface area contributed by atoms with Gasteiger partial charge in [-0.15, -0.1) is 51.9 Å². The van der Waals surface area contributed by atoms with Crippen molar-refractivity contribution in [2.45, 2.75) is 235 Å². The van der Waals surface area contributed by atoms with Crippen LogP contribution in [0.15, 0.2) is 49.1 Å². The Hall–Kier alpha value is -3.92. The molecule has 2 atom stereocenters. The molecule has 2 unspecified atom stereocenters. The fourth-order valence-corrected chi connectivity index (χ4v) is 17.4. The van der Waals surface area contributed by atoms with Gasteiger partial charge in [0.1, 0.15) is 22.1 Å². The summed E-state index contributed by atoms with van der Waals surface area (Å²) < 4.78 is 68.5. The predicted molar refractivity (Wildman–Crippen MR) is 365 cm³/mol. The predicted octanol–water partition coefficient (Wildman–Crippen LogP) is 25.1. The van der Waals surface area contributed by atoms with Crippen LogP contribution >= 0.6 is 68.8 Å². The molecule has 0 aliphatic carbocycles. The molecule has 6 aromatic heterocycles. The van der Waals surface area contributed by atoms with Crippen LogP contribution in [0.1, 0.15) is 229 Å². The molecule has 0 fully saturated rings. The van der Waals surface area contributed by atoms with Crippen molar-refractivity contribution in [3.8, 4) is 63.0 Å². The standard InChI is InChI=1S/C70H94F2N4O2S6/c1-9-15-19-21-23-25-27-29-31-33-41-77-68-60(53-38-37-47(7)79-53)66-67(76-84-75-66)61(69(68)78-42-34-32-30-28-26-24-22-20-16-10-2)54-39-40-55(81-54)70-52(44-50(14-6)36-18-12-4)46-57(82-70)59-63(72)62(71)58(64-65(59)74-83-73-64)56-45-51(48(8)80-56)43-49(13-5)35-17-11-3/h14,37-40,45-46,49-50H,6,9-13,15-36,41-44H2,1-5,7-8H3. The quantitative estimate of drug-likeness (QED) is 0.0281. The van der Waals surface area contributed by atoms with E-state index in [1.807, 2.05) is 0 Å². The average Bonchev–Trinajstić information content (AvgIpc) is 2.14. The largest absolute Gasteiger partial charge is 0.489 e. The Kier molecular flexibility index (Phi) is 27.2. The van der Waals surface area contributed by atoms with Crippen LogP contribution in [0.3, 0.4) is 0 Å². The number of aromatic nitrogens is 4. The Balaban J connectivity index is 1.17. The summed E-state index contributed by atoms with van der Waals surface area (Å²) in [5.74, 6) is 0.502. The van der Waals surface area contributed by atoms with Crippen LogP contribution in [-0.2, 0) is 12.8 Å². The third-order valence-corrected chi connectivity index (χ3v) is 22.5. The molecule has 14 heteroatoms. The van der Waals surface area contributed by atoms with Crippen LogP contribution in [0, 0.1) is 37.3 Å². The zero-order valence-corrected chi connectivity index (χ0v) is 56.5. The fourth-order valence-electron chi connectivity index (χ4n) is 11.8. The number of halogens is 2. The van der Waals surface area contributed by atoms with Crippen molar-refractivity contribution in [3.63, 3.8) is 0 Å². The fraction of sp³-hybridized carbons (Fsp3) is 0.571. The van der Waals surface area contributed by atoms with Gasteiger partial charge in [0.05, 0.1) is 58.9 Å². The van der Waals surface area contributed by atoms with Crippen LogP contribution in [0.2, 0.25) is 0 Å². The smallest absolute Gasteiger partial charge is 0.172 e. The lowest BCUT2D eigenvalue weighted by Crippen LogP contribution is -2.06. The number of nitrogens with zero attached hydrogens (tertiary/aromatic N) is 4. The summed E-state index contributed by atoms with van der Waals surface area (Å²) >= 11 is 8.74. The van der Waals surface area contributed by atoms with Gasteiger partial charge in [-0.05, 0) is 105 Å². The molecule has 0 aliphatic heterocycles. The molecule has 0 aliphatic rings. The lowest BCUT2D eigenvalue weighted by molar-refractivity contribution is 0.260. The minimum absolute atomic E-state index is 0.179. The second kappa shape index (κ2) is 34.6. The van der Waals surface area contributed by atoms with Crippen LogP contribution in [0.25, 0.3) is 73.6 Å². The first-order chi connectivity index (χ1) is 41.1. The van der Waals surface area contributed by atoms with Gasteiger partial charge in [0.25, 0.3) is 0 Å². The first kappa shape index (κ1) is 66.0. The first-order valence-electron chi connectivity index (χ1n) is 32.4. The zero-order chi connectivity index (χ0) is 59.2. The maximum atomic E-state index is 17.4. The maximum absolute atomic E-state index is 17.4. The van der Waals surface area contributed by atoms with Gasteiger partial charge in [-0.25, -0.2) is 8.78 Å². The number of benzene rings is 2. The van der Waals surface area contributed by atoms with Gasteiger partial charge in [-0.1, -0.05) is 195 Å². The maximum Gasteiger partial charge on any atom is 0.172 e. The van der Waals surface area contributed by atoms with E-state index in [1.54, 1.807) is 22.7 Å².